The molecule has 3 aliphatic rings. The molecule has 4 heteroatoms. The molecule has 1 aromatic heterocycles. The van der Waals surface area contributed by atoms with E-state index < -0.39 is 0 Å². The van der Waals surface area contributed by atoms with Crippen LogP contribution in [0.1, 0.15) is 30.1 Å². The van der Waals surface area contributed by atoms with E-state index in [0.29, 0.717) is 18.6 Å². The molecule has 0 unspecified atom stereocenters. The van der Waals surface area contributed by atoms with E-state index in [1.54, 1.807) is 11.3 Å². The Morgan fingerprint density at radius 3 is 3.17 bits per heavy atom. The molecule has 0 N–H and O–H groups in total. The number of carbonyl (C=O) groups is 1. The second kappa shape index (κ2) is 3.81. The molecule has 4 heterocycles. The molecule has 0 bridgehead atoms. The molecule has 0 amide bonds. The van der Waals surface area contributed by atoms with Crippen LogP contribution >= 0.6 is 11.3 Å². The van der Waals surface area contributed by atoms with Crippen molar-refractivity contribution in [2.24, 2.45) is 5.41 Å². The van der Waals surface area contributed by atoms with Gasteiger partial charge in [0.25, 0.3) is 0 Å². The molecular formula is C14H17NO2S. The highest BCUT2D eigenvalue weighted by Gasteiger charge is 2.63. The third-order valence-corrected chi connectivity index (χ3v) is 6.00. The van der Waals surface area contributed by atoms with E-state index in [1.807, 2.05) is 0 Å². The Labute approximate surface area is 111 Å². The summed E-state index contributed by atoms with van der Waals surface area (Å²) in [7, 11) is 0. The van der Waals surface area contributed by atoms with Crippen LogP contribution in [0.2, 0.25) is 0 Å². The zero-order chi connectivity index (χ0) is 12.2. The average Bonchev–Trinajstić information content (AvgIpc) is 3.09. The zero-order valence-corrected chi connectivity index (χ0v) is 11.1. The summed E-state index contributed by atoms with van der Waals surface area (Å²) in [5, 5.41) is 2.12. The van der Waals surface area contributed by atoms with Crippen molar-refractivity contribution < 1.29 is 9.53 Å². The lowest BCUT2D eigenvalue weighted by molar-refractivity contribution is -0.147. The Hall–Kier alpha value is -0.870. The van der Waals surface area contributed by atoms with Gasteiger partial charge in [0.2, 0.25) is 0 Å². The third kappa shape index (κ3) is 1.25. The van der Waals surface area contributed by atoms with Crippen LogP contribution in [0, 0.1) is 5.41 Å². The second-order valence-corrected chi connectivity index (χ2v) is 6.63. The van der Waals surface area contributed by atoms with E-state index in [9.17, 15) is 4.79 Å². The Bertz CT molecular complexity index is 472. The first-order chi connectivity index (χ1) is 8.82. The largest absolute Gasteiger partial charge is 0.465 e. The van der Waals surface area contributed by atoms with Gasteiger partial charge in [-0.1, -0.05) is 6.07 Å². The number of fused-ring (bicyclic) bond motifs is 2. The van der Waals surface area contributed by atoms with Crippen LogP contribution in [-0.4, -0.2) is 36.6 Å². The van der Waals surface area contributed by atoms with Crippen LogP contribution in [0.15, 0.2) is 17.5 Å². The minimum absolute atomic E-state index is 0.0651. The van der Waals surface area contributed by atoms with Crippen LogP contribution in [0.3, 0.4) is 0 Å². The highest BCUT2D eigenvalue weighted by molar-refractivity contribution is 7.10. The maximum absolute atomic E-state index is 12.4. The van der Waals surface area contributed by atoms with E-state index in [0.717, 1.165) is 25.9 Å². The molecule has 3 fully saturated rings. The van der Waals surface area contributed by atoms with E-state index in [1.165, 1.54) is 11.3 Å². The number of cyclic esters (lactones) is 1. The number of nitrogens with zero attached hydrogens (tertiary/aromatic N) is 1. The standard InChI is InChI=1S/C14H17NO2S/c16-13-14(5-7-17-13)10(11-3-2-8-18-11)9-15-6-1-4-12(14)15/h2-3,8,10,12H,1,4-7,9H2/t10-,12+,14-/m1/s1. The van der Waals surface area contributed by atoms with Crippen molar-refractivity contribution in [3.05, 3.63) is 22.4 Å². The highest BCUT2D eigenvalue weighted by Crippen LogP contribution is 2.56. The summed E-state index contributed by atoms with van der Waals surface area (Å²) in [6.07, 6.45) is 3.31. The van der Waals surface area contributed by atoms with Gasteiger partial charge in [-0.15, -0.1) is 11.3 Å². The van der Waals surface area contributed by atoms with E-state index in [4.69, 9.17) is 4.74 Å². The zero-order valence-electron chi connectivity index (χ0n) is 10.3. The van der Waals surface area contributed by atoms with Crippen LogP contribution in [-0.2, 0) is 9.53 Å². The maximum Gasteiger partial charge on any atom is 0.314 e. The second-order valence-electron chi connectivity index (χ2n) is 5.65. The van der Waals surface area contributed by atoms with Gasteiger partial charge in [-0.3, -0.25) is 9.69 Å². The van der Waals surface area contributed by atoms with Gasteiger partial charge in [-0.25, -0.2) is 0 Å². The van der Waals surface area contributed by atoms with Crippen molar-refractivity contribution in [2.45, 2.75) is 31.2 Å². The van der Waals surface area contributed by atoms with Gasteiger partial charge in [-0.05, 0) is 37.3 Å². The Kier molecular flexibility index (Phi) is 2.33. The van der Waals surface area contributed by atoms with Gasteiger partial charge in [0.05, 0.1) is 12.0 Å². The molecule has 0 aliphatic carbocycles. The summed E-state index contributed by atoms with van der Waals surface area (Å²) in [5.41, 5.74) is -0.235. The predicted octanol–water partition coefficient (Wildman–Crippen LogP) is 2.24. The predicted molar refractivity (Wildman–Crippen MR) is 69.7 cm³/mol. The van der Waals surface area contributed by atoms with E-state index in [2.05, 4.69) is 22.4 Å². The number of thiophene rings is 1. The topological polar surface area (TPSA) is 29.5 Å². The molecule has 1 spiro atoms. The summed E-state index contributed by atoms with van der Waals surface area (Å²) in [6, 6.07) is 4.71. The Morgan fingerprint density at radius 1 is 1.50 bits per heavy atom. The van der Waals surface area contributed by atoms with E-state index in [-0.39, 0.29) is 11.4 Å². The third-order valence-electron chi connectivity index (χ3n) is 5.01. The average molecular weight is 263 g/mol. The number of rotatable bonds is 1. The molecule has 96 valence electrons. The fraction of sp³-hybridized carbons (Fsp3) is 0.643. The number of hydrogen-bond acceptors (Lipinski definition) is 4. The number of hydrogen-bond donors (Lipinski definition) is 0. The summed E-state index contributed by atoms with van der Waals surface area (Å²) in [5.74, 6) is 0.424. The molecule has 3 aliphatic heterocycles. The van der Waals surface area contributed by atoms with Crippen molar-refractivity contribution >= 4 is 17.3 Å². The fourth-order valence-electron chi connectivity index (χ4n) is 4.26. The molecule has 0 radical (unpaired) electrons. The van der Waals surface area contributed by atoms with Gasteiger partial charge >= 0.3 is 5.97 Å². The van der Waals surface area contributed by atoms with Crippen molar-refractivity contribution in [3.63, 3.8) is 0 Å². The first-order valence-electron chi connectivity index (χ1n) is 6.77. The first-order valence-corrected chi connectivity index (χ1v) is 7.65. The van der Waals surface area contributed by atoms with Crippen molar-refractivity contribution in [2.75, 3.05) is 19.7 Å². The molecule has 1 aromatic rings. The minimum Gasteiger partial charge on any atom is -0.465 e. The molecule has 18 heavy (non-hydrogen) atoms. The maximum atomic E-state index is 12.4. The lowest BCUT2D eigenvalue weighted by atomic mass is 9.70. The smallest absolute Gasteiger partial charge is 0.314 e. The van der Waals surface area contributed by atoms with Gasteiger partial charge in [0, 0.05) is 23.4 Å². The molecule has 3 atom stereocenters. The molecular weight excluding hydrogens is 246 g/mol. The summed E-state index contributed by atoms with van der Waals surface area (Å²) < 4.78 is 5.37. The number of carbonyl (C=O) groups excluding carboxylic acids is 1. The molecule has 0 saturated carbocycles. The Morgan fingerprint density at radius 2 is 2.44 bits per heavy atom. The lowest BCUT2D eigenvalue weighted by Crippen LogP contribution is -2.41. The summed E-state index contributed by atoms with van der Waals surface area (Å²) in [4.78, 5) is 16.3. The summed E-state index contributed by atoms with van der Waals surface area (Å²) in [6.45, 7) is 2.81. The van der Waals surface area contributed by atoms with Gasteiger partial charge < -0.3 is 4.74 Å². The Balaban J connectivity index is 1.81. The quantitative estimate of drug-likeness (QED) is 0.728. The lowest BCUT2D eigenvalue weighted by Gasteiger charge is -2.30. The van der Waals surface area contributed by atoms with E-state index >= 15 is 0 Å². The monoisotopic (exact) mass is 263 g/mol. The minimum atomic E-state index is -0.235. The van der Waals surface area contributed by atoms with Crippen LogP contribution in [0.4, 0.5) is 0 Å². The fourth-order valence-corrected chi connectivity index (χ4v) is 5.18. The molecule has 3 nitrogen and oxygen atoms in total. The SMILES string of the molecule is O=C1OCC[C@]12[C@@H](c1cccs1)CN1CCC[C@H]12. The van der Waals surface area contributed by atoms with Gasteiger partial charge in [0.15, 0.2) is 0 Å². The molecule has 4 rings (SSSR count). The van der Waals surface area contributed by atoms with Crippen molar-refractivity contribution in [3.8, 4) is 0 Å². The molecule has 3 saturated heterocycles. The van der Waals surface area contributed by atoms with Crippen LogP contribution in [0.5, 0.6) is 0 Å². The summed E-state index contributed by atoms with van der Waals surface area (Å²) >= 11 is 1.79. The van der Waals surface area contributed by atoms with Gasteiger partial charge in [-0.2, -0.15) is 0 Å². The van der Waals surface area contributed by atoms with Crippen molar-refractivity contribution in [1.82, 2.24) is 4.90 Å². The number of ether oxygens (including phenoxy) is 1. The first kappa shape index (κ1) is 11.0. The molecule has 0 aromatic carbocycles. The van der Waals surface area contributed by atoms with Crippen molar-refractivity contribution in [1.29, 1.82) is 0 Å². The number of esters is 1. The normalized spacial score (nSPS) is 39.4. The van der Waals surface area contributed by atoms with Crippen LogP contribution < -0.4 is 0 Å². The highest BCUT2D eigenvalue weighted by atomic mass is 32.1. The van der Waals surface area contributed by atoms with Crippen LogP contribution in [0.25, 0.3) is 0 Å². The van der Waals surface area contributed by atoms with Gasteiger partial charge in [0.1, 0.15) is 0 Å².